The van der Waals surface area contributed by atoms with Gasteiger partial charge in [-0.1, -0.05) is 0 Å². The number of nitrogens with zero attached hydrogens (tertiary/aromatic N) is 3. The molecule has 0 bridgehead atoms. The average Bonchev–Trinajstić information content (AvgIpc) is 2.81. The number of anilines is 1. The van der Waals surface area contributed by atoms with Crippen molar-refractivity contribution < 1.29 is 13.6 Å². The lowest BCUT2D eigenvalue weighted by atomic mass is 10.3. The van der Waals surface area contributed by atoms with Gasteiger partial charge in [0.2, 0.25) is 5.91 Å². The third-order valence-electron chi connectivity index (χ3n) is 2.35. The summed E-state index contributed by atoms with van der Waals surface area (Å²) in [7, 11) is 0. The van der Waals surface area contributed by atoms with Crippen molar-refractivity contribution in [2.45, 2.75) is 0 Å². The third kappa shape index (κ3) is 2.75. The zero-order valence-electron chi connectivity index (χ0n) is 9.90. The largest absolute Gasteiger partial charge is 0.310 e. The number of amides is 1. The first-order chi connectivity index (χ1) is 9.55. The number of benzene rings is 1. The van der Waals surface area contributed by atoms with Gasteiger partial charge in [0.1, 0.15) is 29.3 Å². The maximum atomic E-state index is 13.7. The fourth-order valence-corrected chi connectivity index (χ4v) is 1.60. The molecule has 1 N–H and O–H groups in total. The van der Waals surface area contributed by atoms with Crippen molar-refractivity contribution in [3.63, 3.8) is 0 Å². The highest BCUT2D eigenvalue weighted by Gasteiger charge is 2.15. The number of rotatable bonds is 3. The van der Waals surface area contributed by atoms with Crippen molar-refractivity contribution in [2.75, 3.05) is 11.2 Å². The summed E-state index contributed by atoms with van der Waals surface area (Å²) >= 11 is 5.36. The molecule has 0 aliphatic heterocycles. The van der Waals surface area contributed by atoms with Gasteiger partial charge in [-0.05, 0) is 12.1 Å². The number of carbonyl (C=O) groups is 1. The zero-order valence-corrected chi connectivity index (χ0v) is 10.7. The molecule has 2 aromatic rings. The first-order valence-corrected chi connectivity index (χ1v) is 5.90. The highest BCUT2D eigenvalue weighted by molar-refractivity contribution is 6.29. The Morgan fingerprint density at radius 3 is 2.80 bits per heavy atom. The zero-order chi connectivity index (χ0) is 14.7. The number of nitriles is 1. The molecule has 0 saturated heterocycles. The molecule has 102 valence electrons. The van der Waals surface area contributed by atoms with Gasteiger partial charge < -0.3 is 5.32 Å². The van der Waals surface area contributed by atoms with Gasteiger partial charge in [0, 0.05) is 12.1 Å². The van der Waals surface area contributed by atoms with Crippen LogP contribution >= 0.6 is 11.6 Å². The molecule has 5 nitrogen and oxygen atoms in total. The molecule has 2 rings (SSSR count). The lowest BCUT2D eigenvalue weighted by molar-refractivity contribution is -0.114. The molecule has 0 unspecified atom stereocenters. The van der Waals surface area contributed by atoms with Crippen LogP contribution in [0.2, 0.25) is 0 Å². The Hall–Kier alpha value is -2.46. The normalized spacial score (nSPS) is 10.1. The molecule has 0 saturated carbocycles. The highest BCUT2D eigenvalue weighted by Crippen LogP contribution is 2.20. The van der Waals surface area contributed by atoms with E-state index in [0.29, 0.717) is 6.07 Å². The number of alkyl halides is 1. The number of hydrogen-bond acceptors (Lipinski definition) is 3. The maximum Gasteiger partial charge on any atom is 0.240 e. The monoisotopic (exact) mass is 296 g/mol. The van der Waals surface area contributed by atoms with Crippen molar-refractivity contribution in [2.24, 2.45) is 0 Å². The van der Waals surface area contributed by atoms with E-state index in [9.17, 15) is 13.6 Å². The summed E-state index contributed by atoms with van der Waals surface area (Å²) in [6.07, 6.45) is 0. The molecule has 1 aromatic carbocycles. The Balaban J connectivity index is 2.52. The Morgan fingerprint density at radius 2 is 2.20 bits per heavy atom. The molecular formula is C12H7ClF2N4O. The van der Waals surface area contributed by atoms with Gasteiger partial charge in [-0.2, -0.15) is 10.4 Å². The van der Waals surface area contributed by atoms with E-state index in [1.54, 1.807) is 6.07 Å². The summed E-state index contributed by atoms with van der Waals surface area (Å²) < 4.78 is 27.6. The van der Waals surface area contributed by atoms with E-state index >= 15 is 0 Å². The van der Waals surface area contributed by atoms with Crippen LogP contribution in [0.4, 0.5) is 14.6 Å². The van der Waals surface area contributed by atoms with Crippen LogP contribution < -0.4 is 5.32 Å². The summed E-state index contributed by atoms with van der Waals surface area (Å²) in [6, 6.07) is 5.89. The minimum atomic E-state index is -0.876. The number of aromatic nitrogens is 2. The van der Waals surface area contributed by atoms with Gasteiger partial charge in [0.25, 0.3) is 0 Å². The predicted molar refractivity (Wildman–Crippen MR) is 67.5 cm³/mol. The summed E-state index contributed by atoms with van der Waals surface area (Å²) in [4.78, 5) is 11.3. The number of halogens is 3. The molecule has 1 aromatic heterocycles. The second-order valence-corrected chi connectivity index (χ2v) is 3.98. The van der Waals surface area contributed by atoms with E-state index in [1.165, 1.54) is 6.07 Å². The molecule has 1 heterocycles. The predicted octanol–water partition coefficient (Wildman–Crippen LogP) is 2.20. The summed E-state index contributed by atoms with van der Waals surface area (Å²) in [5.41, 5.74) is -0.128. The molecule has 0 fully saturated rings. The number of carbonyl (C=O) groups excluding carboxylic acids is 1. The molecule has 20 heavy (non-hydrogen) atoms. The van der Waals surface area contributed by atoms with Crippen LogP contribution in [0.3, 0.4) is 0 Å². The van der Waals surface area contributed by atoms with E-state index in [2.05, 4.69) is 10.4 Å². The van der Waals surface area contributed by atoms with E-state index < -0.39 is 17.5 Å². The van der Waals surface area contributed by atoms with E-state index in [-0.39, 0.29) is 23.1 Å². The maximum absolute atomic E-state index is 13.7. The SMILES string of the molecule is N#Cc1cc(NC(=O)CCl)n(-c2ccc(F)cc2F)n1. The van der Waals surface area contributed by atoms with Gasteiger partial charge in [-0.3, -0.25) is 4.79 Å². The number of nitrogens with one attached hydrogen (secondary N) is 1. The van der Waals surface area contributed by atoms with E-state index in [1.807, 2.05) is 0 Å². The van der Waals surface area contributed by atoms with Crippen molar-refractivity contribution in [3.05, 3.63) is 41.6 Å². The van der Waals surface area contributed by atoms with Crippen LogP contribution in [0.25, 0.3) is 5.69 Å². The second kappa shape index (κ2) is 5.67. The van der Waals surface area contributed by atoms with Gasteiger partial charge in [-0.15, -0.1) is 11.6 Å². The standard InChI is InChI=1S/C12H7ClF2N4O/c13-5-12(20)17-11-4-8(6-16)18-19(11)10-2-1-7(14)3-9(10)15/h1-4H,5H2,(H,17,20). The van der Waals surface area contributed by atoms with E-state index in [0.717, 1.165) is 16.8 Å². The van der Waals surface area contributed by atoms with Crippen LogP contribution in [0.1, 0.15) is 5.69 Å². The Morgan fingerprint density at radius 1 is 1.45 bits per heavy atom. The van der Waals surface area contributed by atoms with Gasteiger partial charge in [0.15, 0.2) is 11.5 Å². The summed E-state index contributed by atoms with van der Waals surface area (Å²) in [5.74, 6) is -2.40. The van der Waals surface area contributed by atoms with Gasteiger partial charge >= 0.3 is 0 Å². The van der Waals surface area contributed by atoms with Crippen LogP contribution in [0.15, 0.2) is 24.3 Å². The lowest BCUT2D eigenvalue weighted by Gasteiger charge is -2.08. The Bertz CT molecular complexity index is 708. The molecule has 0 spiro atoms. The summed E-state index contributed by atoms with van der Waals surface area (Å²) in [5, 5.41) is 15.0. The topological polar surface area (TPSA) is 70.7 Å². The van der Waals surface area contributed by atoms with Crippen molar-refractivity contribution in [1.29, 1.82) is 5.26 Å². The minimum absolute atomic E-state index is 0.0291. The second-order valence-electron chi connectivity index (χ2n) is 3.72. The van der Waals surface area contributed by atoms with Crippen molar-refractivity contribution in [1.82, 2.24) is 9.78 Å². The average molecular weight is 297 g/mol. The quantitative estimate of drug-likeness (QED) is 0.883. The summed E-state index contributed by atoms with van der Waals surface area (Å²) in [6.45, 7) is 0. The van der Waals surface area contributed by atoms with Crippen molar-refractivity contribution in [3.8, 4) is 11.8 Å². The highest BCUT2D eigenvalue weighted by atomic mass is 35.5. The van der Waals surface area contributed by atoms with E-state index in [4.69, 9.17) is 16.9 Å². The third-order valence-corrected chi connectivity index (χ3v) is 2.59. The molecule has 8 heteroatoms. The lowest BCUT2D eigenvalue weighted by Crippen LogP contribution is -2.16. The van der Waals surface area contributed by atoms with Crippen molar-refractivity contribution >= 4 is 23.3 Å². The van der Waals surface area contributed by atoms with Crippen LogP contribution in [-0.4, -0.2) is 21.6 Å². The molecule has 0 aliphatic carbocycles. The minimum Gasteiger partial charge on any atom is -0.310 e. The number of hydrogen-bond donors (Lipinski definition) is 1. The smallest absolute Gasteiger partial charge is 0.240 e. The first-order valence-electron chi connectivity index (χ1n) is 5.36. The Labute approximate surface area is 117 Å². The Kier molecular flexibility index (Phi) is 3.96. The van der Waals surface area contributed by atoms with Crippen LogP contribution in [-0.2, 0) is 4.79 Å². The fraction of sp³-hybridized carbons (Fsp3) is 0.0833. The molecular weight excluding hydrogens is 290 g/mol. The molecule has 0 radical (unpaired) electrons. The molecule has 0 atom stereocenters. The fourth-order valence-electron chi connectivity index (χ4n) is 1.54. The molecule has 1 amide bonds. The van der Waals surface area contributed by atoms with Crippen LogP contribution in [0.5, 0.6) is 0 Å². The molecule has 0 aliphatic rings. The van der Waals surface area contributed by atoms with Crippen LogP contribution in [0, 0.1) is 23.0 Å². The van der Waals surface area contributed by atoms with Gasteiger partial charge in [0.05, 0.1) is 0 Å². The van der Waals surface area contributed by atoms with Gasteiger partial charge in [-0.25, -0.2) is 13.5 Å². The first kappa shape index (κ1) is 14.0.